The topological polar surface area (TPSA) is 94.8 Å². The molecule has 6 heterocycles. The van der Waals surface area contributed by atoms with E-state index in [0.717, 1.165) is 71.9 Å². The van der Waals surface area contributed by atoms with Gasteiger partial charge in [-0.05, 0) is 42.9 Å². The Labute approximate surface area is 196 Å². The molecule has 3 aliphatic rings. The number of morpholine rings is 1. The van der Waals surface area contributed by atoms with Gasteiger partial charge >= 0.3 is 0 Å². The van der Waals surface area contributed by atoms with E-state index in [9.17, 15) is 5.11 Å². The van der Waals surface area contributed by atoms with E-state index < -0.39 is 5.60 Å². The second-order valence-electron chi connectivity index (χ2n) is 8.96. The summed E-state index contributed by atoms with van der Waals surface area (Å²) in [5, 5.41) is 16.2. The van der Waals surface area contributed by atoms with Crippen molar-refractivity contribution in [1.29, 1.82) is 0 Å². The highest BCUT2D eigenvalue weighted by Gasteiger charge is 2.36. The Morgan fingerprint density at radius 2 is 1.88 bits per heavy atom. The van der Waals surface area contributed by atoms with Crippen molar-refractivity contribution >= 4 is 27.6 Å². The van der Waals surface area contributed by atoms with Gasteiger partial charge in [0, 0.05) is 57.5 Å². The Hall–Kier alpha value is -2.11. The summed E-state index contributed by atoms with van der Waals surface area (Å²) in [6, 6.07) is 4.04. The molecule has 33 heavy (non-hydrogen) atoms. The fourth-order valence-electron chi connectivity index (χ4n) is 5.00. The highest BCUT2D eigenvalue weighted by molar-refractivity contribution is 7.13. The van der Waals surface area contributed by atoms with E-state index in [1.165, 1.54) is 11.5 Å². The second kappa shape index (κ2) is 8.92. The number of hydrogen-bond acceptors (Lipinski definition) is 9. The molecule has 3 aromatic heterocycles. The van der Waals surface area contributed by atoms with Crippen molar-refractivity contribution in [3.63, 3.8) is 0 Å². The molecule has 1 atom stereocenters. The predicted molar refractivity (Wildman–Crippen MR) is 124 cm³/mol. The maximum Gasteiger partial charge on any atom is 0.150 e. The molecule has 0 bridgehead atoms. The number of nitrogens with zero attached hydrogens (tertiary/aromatic N) is 5. The van der Waals surface area contributed by atoms with Crippen LogP contribution in [0.4, 0.5) is 5.82 Å². The van der Waals surface area contributed by atoms with E-state index in [0.29, 0.717) is 39.3 Å². The third-order valence-corrected chi connectivity index (χ3v) is 7.78. The first-order valence-electron chi connectivity index (χ1n) is 11.8. The van der Waals surface area contributed by atoms with Crippen molar-refractivity contribution in [2.75, 3.05) is 51.0 Å². The smallest absolute Gasteiger partial charge is 0.150 e. The summed E-state index contributed by atoms with van der Waals surface area (Å²) in [5.41, 5.74) is 2.48. The summed E-state index contributed by atoms with van der Waals surface area (Å²) in [6.07, 6.45) is 6.00. The zero-order valence-electron chi connectivity index (χ0n) is 18.6. The fourth-order valence-corrected chi connectivity index (χ4v) is 5.94. The quantitative estimate of drug-likeness (QED) is 0.620. The molecule has 0 aliphatic carbocycles. The summed E-state index contributed by atoms with van der Waals surface area (Å²) in [6.45, 7) is 4.75. The van der Waals surface area contributed by atoms with E-state index >= 15 is 0 Å². The molecule has 0 radical (unpaired) electrons. The van der Waals surface area contributed by atoms with Crippen molar-refractivity contribution < 1.29 is 19.3 Å². The van der Waals surface area contributed by atoms with Crippen LogP contribution in [0.2, 0.25) is 0 Å². The molecular weight excluding hydrogens is 442 g/mol. The summed E-state index contributed by atoms with van der Waals surface area (Å²) in [7, 11) is 0. The number of aliphatic hydroxyl groups is 1. The first kappa shape index (κ1) is 21.4. The van der Waals surface area contributed by atoms with Gasteiger partial charge in [-0.1, -0.05) is 0 Å². The Bertz CT molecular complexity index is 1110. The van der Waals surface area contributed by atoms with Gasteiger partial charge in [0.1, 0.15) is 17.0 Å². The van der Waals surface area contributed by atoms with Crippen molar-refractivity contribution in [2.45, 2.75) is 43.9 Å². The highest BCUT2D eigenvalue weighted by Crippen LogP contribution is 2.42. The van der Waals surface area contributed by atoms with Gasteiger partial charge in [-0.25, -0.2) is 9.67 Å². The van der Waals surface area contributed by atoms with Gasteiger partial charge < -0.3 is 24.2 Å². The van der Waals surface area contributed by atoms with Gasteiger partial charge in [0.05, 0.1) is 29.2 Å². The predicted octanol–water partition coefficient (Wildman–Crippen LogP) is 3.09. The normalized spacial score (nSPS) is 23.8. The van der Waals surface area contributed by atoms with Crippen LogP contribution in [0.1, 0.15) is 43.9 Å². The van der Waals surface area contributed by atoms with Gasteiger partial charge in [-0.3, -0.25) is 0 Å². The number of anilines is 1. The van der Waals surface area contributed by atoms with E-state index in [1.54, 1.807) is 6.20 Å². The highest BCUT2D eigenvalue weighted by atomic mass is 32.1. The Morgan fingerprint density at radius 3 is 2.67 bits per heavy atom. The van der Waals surface area contributed by atoms with Crippen LogP contribution in [0.3, 0.4) is 0 Å². The van der Waals surface area contributed by atoms with E-state index in [-0.39, 0.29) is 6.23 Å². The minimum absolute atomic E-state index is 0.0814. The van der Waals surface area contributed by atoms with Crippen molar-refractivity contribution in [3.8, 4) is 11.4 Å². The monoisotopic (exact) mass is 471 g/mol. The third-order valence-electron chi connectivity index (χ3n) is 6.91. The lowest BCUT2D eigenvalue weighted by molar-refractivity contribution is -0.0669. The third kappa shape index (κ3) is 3.93. The number of pyridine rings is 1. The van der Waals surface area contributed by atoms with Crippen LogP contribution in [0.5, 0.6) is 0 Å². The molecule has 6 rings (SSSR count). The molecule has 3 saturated heterocycles. The molecule has 0 aromatic carbocycles. The van der Waals surface area contributed by atoms with Crippen LogP contribution in [-0.4, -0.2) is 70.4 Å². The molecule has 0 spiro atoms. The summed E-state index contributed by atoms with van der Waals surface area (Å²) in [5.74, 6) is 0.863. The molecule has 0 amide bonds. The molecule has 10 heteroatoms. The van der Waals surface area contributed by atoms with Gasteiger partial charge in [0.25, 0.3) is 0 Å². The Morgan fingerprint density at radius 1 is 1.06 bits per heavy atom. The average molecular weight is 472 g/mol. The number of fused-ring (bicyclic) bond motifs is 1. The second-order valence-corrected chi connectivity index (χ2v) is 9.74. The molecular formula is C23H29N5O4S. The SMILES string of the molecule is OC1(c2cc(N3CCOCC3)nc3c(-c4ccnn4C4CCCCO4)nsc23)CCOCC1. The minimum atomic E-state index is -0.947. The van der Waals surface area contributed by atoms with Crippen LogP contribution in [-0.2, 0) is 19.8 Å². The molecule has 176 valence electrons. The first-order chi connectivity index (χ1) is 16.2. The van der Waals surface area contributed by atoms with Crippen molar-refractivity contribution in [3.05, 3.63) is 23.9 Å². The van der Waals surface area contributed by atoms with Crippen LogP contribution in [0.25, 0.3) is 21.6 Å². The average Bonchev–Trinajstić information content (AvgIpc) is 3.52. The molecule has 3 aromatic rings. The van der Waals surface area contributed by atoms with Gasteiger partial charge in [0.15, 0.2) is 6.23 Å². The largest absolute Gasteiger partial charge is 0.385 e. The fraction of sp³-hybridized carbons (Fsp3) is 0.609. The molecule has 9 nitrogen and oxygen atoms in total. The summed E-state index contributed by atoms with van der Waals surface area (Å²) >= 11 is 1.40. The zero-order valence-corrected chi connectivity index (χ0v) is 19.4. The minimum Gasteiger partial charge on any atom is -0.385 e. The van der Waals surface area contributed by atoms with Gasteiger partial charge in [-0.2, -0.15) is 9.47 Å². The van der Waals surface area contributed by atoms with Crippen molar-refractivity contribution in [2.24, 2.45) is 0 Å². The number of rotatable bonds is 4. The lowest BCUT2D eigenvalue weighted by Gasteiger charge is -2.34. The molecule has 1 N–H and O–H groups in total. The van der Waals surface area contributed by atoms with E-state index in [2.05, 4.69) is 16.1 Å². The Balaban J connectivity index is 1.49. The van der Waals surface area contributed by atoms with Crippen LogP contribution >= 0.6 is 11.5 Å². The molecule has 1 unspecified atom stereocenters. The van der Waals surface area contributed by atoms with Crippen LogP contribution in [0.15, 0.2) is 18.3 Å². The van der Waals surface area contributed by atoms with Gasteiger partial charge in [-0.15, -0.1) is 0 Å². The maximum absolute atomic E-state index is 11.7. The number of ether oxygens (including phenoxy) is 3. The van der Waals surface area contributed by atoms with Crippen LogP contribution < -0.4 is 4.90 Å². The molecule has 0 saturated carbocycles. The summed E-state index contributed by atoms with van der Waals surface area (Å²) in [4.78, 5) is 7.32. The first-order valence-corrected chi connectivity index (χ1v) is 12.6. The lowest BCUT2D eigenvalue weighted by Crippen LogP contribution is -2.38. The van der Waals surface area contributed by atoms with Gasteiger partial charge in [0.2, 0.25) is 0 Å². The number of aromatic nitrogens is 4. The molecule has 3 fully saturated rings. The van der Waals surface area contributed by atoms with Crippen LogP contribution in [0, 0.1) is 0 Å². The van der Waals surface area contributed by atoms with Crippen molar-refractivity contribution in [1.82, 2.24) is 19.1 Å². The Kier molecular flexibility index (Phi) is 5.79. The van der Waals surface area contributed by atoms with E-state index in [4.69, 9.17) is 23.6 Å². The zero-order chi connectivity index (χ0) is 22.3. The number of hydrogen-bond donors (Lipinski definition) is 1. The maximum atomic E-state index is 11.7. The molecule has 3 aliphatic heterocycles. The standard InChI is InChI=1S/C23H29N5O4S/c29-23(5-11-30-12-6-23)16-15-18(27-8-13-31-14-9-27)25-21-20(26-33-22(16)21)17-4-7-24-28(17)19-3-1-2-10-32-19/h4,7,15,19,29H,1-3,5-6,8-14H2. The van der Waals surface area contributed by atoms with E-state index in [1.807, 2.05) is 10.7 Å². The summed E-state index contributed by atoms with van der Waals surface area (Å²) < 4.78 is 24.8. The lowest BCUT2D eigenvalue weighted by atomic mass is 9.86.